The van der Waals surface area contributed by atoms with Gasteiger partial charge >= 0.3 is 0 Å². The first-order valence-electron chi connectivity index (χ1n) is 8.64. The number of carbonyl (C=O) groups is 1. The fraction of sp³-hybridized carbons (Fsp3) is 0.556. The maximum atomic E-state index is 11.2. The van der Waals surface area contributed by atoms with Crippen molar-refractivity contribution in [3.63, 3.8) is 0 Å². The maximum absolute atomic E-state index is 11.2. The number of benzene rings is 1. The van der Waals surface area contributed by atoms with Gasteiger partial charge in [-0.1, -0.05) is 22.9 Å². The lowest BCUT2D eigenvalue weighted by Crippen LogP contribution is -2.48. The Bertz CT molecular complexity index is 599. The second kappa shape index (κ2) is 12.1. The van der Waals surface area contributed by atoms with Gasteiger partial charge in [0.2, 0.25) is 5.91 Å². The molecule has 0 aliphatic carbocycles. The fourth-order valence-electron chi connectivity index (χ4n) is 3.06. The Morgan fingerprint density at radius 2 is 2.15 bits per heavy atom. The summed E-state index contributed by atoms with van der Waals surface area (Å²) >= 11 is 5.31. The van der Waals surface area contributed by atoms with Gasteiger partial charge in [-0.2, -0.15) is 0 Å². The molecule has 2 unspecified atom stereocenters. The van der Waals surface area contributed by atoms with Crippen molar-refractivity contribution in [1.29, 1.82) is 0 Å². The molecule has 2 rings (SSSR count). The van der Waals surface area contributed by atoms with Crippen molar-refractivity contribution in [2.75, 3.05) is 26.7 Å². The minimum absolute atomic E-state index is 0. The minimum atomic E-state index is -0.214. The van der Waals surface area contributed by atoms with Gasteiger partial charge in [0.25, 0.3) is 0 Å². The van der Waals surface area contributed by atoms with Crippen LogP contribution in [0.2, 0.25) is 0 Å². The van der Waals surface area contributed by atoms with Crippen molar-refractivity contribution >= 4 is 63.5 Å². The molecule has 0 aromatic heterocycles. The van der Waals surface area contributed by atoms with E-state index >= 15 is 0 Å². The lowest BCUT2D eigenvalue weighted by atomic mass is 9.95. The number of rotatable bonds is 6. The lowest BCUT2D eigenvalue weighted by molar-refractivity contribution is -0.119. The lowest BCUT2D eigenvalue weighted by Gasteiger charge is -2.35. The number of halogens is 2. The van der Waals surface area contributed by atoms with Crippen molar-refractivity contribution < 1.29 is 4.79 Å². The Labute approximate surface area is 186 Å². The Hall–Kier alpha value is -0.480. The molecule has 0 saturated carbocycles. The highest BCUT2D eigenvalue weighted by Gasteiger charge is 2.23. The third-order valence-electron chi connectivity index (χ3n) is 4.22. The highest BCUT2D eigenvalue weighted by molar-refractivity contribution is 14.0. The van der Waals surface area contributed by atoms with Crippen molar-refractivity contribution in [3.8, 4) is 0 Å². The Morgan fingerprint density at radius 1 is 1.46 bits per heavy atom. The third kappa shape index (κ3) is 8.04. The monoisotopic (exact) mass is 554 g/mol. The molecule has 8 heteroatoms. The number of thioether (sulfide) groups is 1. The van der Waals surface area contributed by atoms with Crippen LogP contribution in [0.3, 0.4) is 0 Å². The number of nitrogens with one attached hydrogen (secondary N) is 1. The summed E-state index contributed by atoms with van der Waals surface area (Å²) < 4.78 is 1.10. The molecule has 1 aliphatic heterocycles. The minimum Gasteiger partial charge on any atom is -0.370 e. The van der Waals surface area contributed by atoms with Gasteiger partial charge in [-0.05, 0) is 43.0 Å². The molecule has 0 spiro atoms. The fourth-order valence-corrected chi connectivity index (χ4v) is 4.25. The number of nitrogens with zero attached hydrogens (tertiary/aromatic N) is 2. The molecule has 0 radical (unpaired) electrons. The van der Waals surface area contributed by atoms with Crippen LogP contribution in [0.1, 0.15) is 26.2 Å². The molecule has 1 saturated heterocycles. The molecule has 1 aromatic carbocycles. The van der Waals surface area contributed by atoms with Gasteiger partial charge in [-0.15, -0.1) is 35.7 Å². The smallest absolute Gasteiger partial charge is 0.217 e. The Kier molecular flexibility index (Phi) is 10.9. The van der Waals surface area contributed by atoms with Crippen molar-refractivity contribution in [1.82, 2.24) is 10.2 Å². The number of primary amides is 1. The standard InChI is InChI=1S/C18H27BrN4OS.HI/c1-13(25-16-7-5-15(19)6-8-16)11-22-18(21-2)23-9-3-4-14(12-23)10-17(20)24;/h5-8,13-14H,3-4,9-12H2,1-2H3,(H2,20,24)(H,21,22);1H. The van der Waals surface area contributed by atoms with Crippen molar-refractivity contribution in [2.24, 2.45) is 16.6 Å². The summed E-state index contributed by atoms with van der Waals surface area (Å²) in [5, 5.41) is 3.89. The van der Waals surface area contributed by atoms with E-state index in [1.807, 2.05) is 18.8 Å². The van der Waals surface area contributed by atoms with Crippen LogP contribution in [0.25, 0.3) is 0 Å². The summed E-state index contributed by atoms with van der Waals surface area (Å²) in [6, 6.07) is 8.38. The summed E-state index contributed by atoms with van der Waals surface area (Å²) in [6.45, 7) is 4.86. The van der Waals surface area contributed by atoms with Gasteiger partial charge < -0.3 is 16.0 Å². The number of nitrogens with two attached hydrogens (primary N) is 1. The third-order valence-corrected chi connectivity index (χ3v) is 5.86. The van der Waals surface area contributed by atoms with Crippen LogP contribution in [0.5, 0.6) is 0 Å². The zero-order valence-corrected chi connectivity index (χ0v) is 20.0. The van der Waals surface area contributed by atoms with E-state index in [1.165, 1.54) is 4.90 Å². The van der Waals surface area contributed by atoms with Gasteiger partial charge in [0.05, 0.1) is 0 Å². The van der Waals surface area contributed by atoms with E-state index in [1.54, 1.807) is 0 Å². The summed E-state index contributed by atoms with van der Waals surface area (Å²) in [4.78, 5) is 19.1. The van der Waals surface area contributed by atoms with Crippen LogP contribution in [0.4, 0.5) is 0 Å². The average molecular weight is 555 g/mol. The first-order valence-corrected chi connectivity index (χ1v) is 10.3. The summed E-state index contributed by atoms with van der Waals surface area (Å²) in [5.41, 5.74) is 5.35. The molecule has 5 nitrogen and oxygen atoms in total. The van der Waals surface area contributed by atoms with E-state index in [4.69, 9.17) is 5.73 Å². The molecule has 26 heavy (non-hydrogen) atoms. The molecule has 146 valence electrons. The van der Waals surface area contributed by atoms with Crippen molar-refractivity contribution in [2.45, 2.75) is 36.3 Å². The number of hydrogen-bond donors (Lipinski definition) is 2. The highest BCUT2D eigenvalue weighted by Crippen LogP contribution is 2.24. The van der Waals surface area contributed by atoms with E-state index < -0.39 is 0 Å². The van der Waals surface area contributed by atoms with Crippen LogP contribution < -0.4 is 11.1 Å². The Balaban J connectivity index is 0.00000338. The van der Waals surface area contributed by atoms with Gasteiger partial charge in [0.15, 0.2) is 5.96 Å². The molecular formula is C18H28BrIN4OS. The SMILES string of the molecule is CN=C(NCC(C)Sc1ccc(Br)cc1)N1CCCC(CC(N)=O)C1.I. The molecule has 1 heterocycles. The number of amides is 1. The van der Waals surface area contributed by atoms with E-state index in [-0.39, 0.29) is 29.9 Å². The van der Waals surface area contributed by atoms with Gasteiger partial charge in [0, 0.05) is 47.7 Å². The first kappa shape index (κ1) is 23.6. The average Bonchev–Trinajstić information content (AvgIpc) is 2.57. The van der Waals surface area contributed by atoms with Gasteiger partial charge in [-0.3, -0.25) is 9.79 Å². The molecule has 2 atom stereocenters. The zero-order valence-electron chi connectivity index (χ0n) is 15.3. The quantitative estimate of drug-likeness (QED) is 0.243. The topological polar surface area (TPSA) is 70.7 Å². The van der Waals surface area contributed by atoms with E-state index in [9.17, 15) is 4.79 Å². The molecular weight excluding hydrogens is 527 g/mol. The maximum Gasteiger partial charge on any atom is 0.217 e. The largest absolute Gasteiger partial charge is 0.370 e. The number of guanidine groups is 1. The second-order valence-electron chi connectivity index (χ2n) is 6.44. The summed E-state index contributed by atoms with van der Waals surface area (Å²) in [6.07, 6.45) is 2.59. The van der Waals surface area contributed by atoms with E-state index in [2.05, 4.69) is 62.3 Å². The van der Waals surface area contributed by atoms with Gasteiger partial charge in [0.1, 0.15) is 0 Å². The molecule has 0 bridgehead atoms. The number of likely N-dealkylation sites (tertiary alicyclic amines) is 1. The van der Waals surface area contributed by atoms with Gasteiger partial charge in [-0.25, -0.2) is 0 Å². The summed E-state index contributed by atoms with van der Waals surface area (Å²) in [7, 11) is 1.81. The second-order valence-corrected chi connectivity index (χ2v) is 8.86. The molecule has 1 aromatic rings. The number of aliphatic imine (C=N–C) groups is 1. The van der Waals surface area contributed by atoms with Crippen molar-refractivity contribution in [3.05, 3.63) is 28.7 Å². The number of piperidine rings is 1. The van der Waals surface area contributed by atoms with E-state index in [0.717, 1.165) is 42.9 Å². The summed E-state index contributed by atoms with van der Waals surface area (Å²) in [5.74, 6) is 1.03. The predicted octanol–water partition coefficient (Wildman–Crippen LogP) is 3.71. The first-order chi connectivity index (χ1) is 12.0. The molecule has 1 amide bonds. The van der Waals surface area contributed by atoms with Crippen LogP contribution in [-0.4, -0.2) is 48.7 Å². The molecule has 1 fully saturated rings. The Morgan fingerprint density at radius 3 is 2.77 bits per heavy atom. The van der Waals surface area contributed by atoms with Crippen LogP contribution in [0.15, 0.2) is 38.6 Å². The van der Waals surface area contributed by atoms with Crippen LogP contribution in [0, 0.1) is 5.92 Å². The predicted molar refractivity (Wildman–Crippen MR) is 124 cm³/mol. The number of hydrogen-bond acceptors (Lipinski definition) is 3. The highest BCUT2D eigenvalue weighted by atomic mass is 127. The normalized spacial score (nSPS) is 18.8. The number of carbonyl (C=O) groups excluding carboxylic acids is 1. The van der Waals surface area contributed by atoms with E-state index in [0.29, 0.717) is 17.6 Å². The van der Waals surface area contributed by atoms with Crippen LogP contribution >= 0.6 is 51.7 Å². The molecule has 1 aliphatic rings. The van der Waals surface area contributed by atoms with Crippen LogP contribution in [-0.2, 0) is 4.79 Å². The molecule has 3 N–H and O–H groups in total. The zero-order chi connectivity index (χ0) is 18.2.